The molecule has 5 nitrogen and oxygen atoms in total. The molecule has 56 valence electrons. The summed E-state index contributed by atoms with van der Waals surface area (Å²) in [6.07, 6.45) is -1.48. The Morgan fingerprint density at radius 1 is 1.00 bits per heavy atom. The van der Waals surface area contributed by atoms with Gasteiger partial charge in [0.2, 0.25) is 0 Å². The van der Waals surface area contributed by atoms with E-state index in [-0.39, 0.29) is 13.2 Å². The number of ether oxygens (including phenoxy) is 3. The first kappa shape index (κ1) is 6.85. The zero-order valence-corrected chi connectivity index (χ0v) is 5.16. The molecule has 0 radical (unpaired) electrons. The highest BCUT2D eigenvalue weighted by molar-refractivity contribution is 5.76. The van der Waals surface area contributed by atoms with Crippen molar-refractivity contribution in [2.45, 2.75) is 6.42 Å². The van der Waals surface area contributed by atoms with Crippen LogP contribution in [0.3, 0.4) is 0 Å². The first-order valence-electron chi connectivity index (χ1n) is 2.80. The first-order chi connectivity index (χ1) is 4.79. The summed E-state index contributed by atoms with van der Waals surface area (Å²) in [5.41, 5.74) is 0. The van der Waals surface area contributed by atoms with E-state index in [9.17, 15) is 9.59 Å². The first-order valence-corrected chi connectivity index (χ1v) is 2.80. The quantitative estimate of drug-likeness (QED) is 0.371. The Kier molecular flexibility index (Phi) is 2.09. The van der Waals surface area contributed by atoms with Gasteiger partial charge in [-0.15, -0.1) is 0 Å². The summed E-state index contributed by atoms with van der Waals surface area (Å²) < 4.78 is 12.8. The van der Waals surface area contributed by atoms with Gasteiger partial charge in [0, 0.05) is 6.42 Å². The van der Waals surface area contributed by atoms with E-state index >= 15 is 0 Å². The molecular weight excluding hydrogens is 140 g/mol. The number of hydrogen-bond acceptors (Lipinski definition) is 5. The van der Waals surface area contributed by atoms with Gasteiger partial charge in [0.25, 0.3) is 0 Å². The van der Waals surface area contributed by atoms with Crippen LogP contribution in [0.25, 0.3) is 0 Å². The highest BCUT2D eigenvalue weighted by Crippen LogP contribution is 1.97. The molecule has 1 aliphatic heterocycles. The number of hydrogen-bond donors (Lipinski definition) is 0. The minimum Gasteiger partial charge on any atom is -0.434 e. The third kappa shape index (κ3) is 1.93. The number of carbonyl (C=O) groups is 2. The maximum atomic E-state index is 10.3. The molecule has 0 amide bonds. The van der Waals surface area contributed by atoms with Gasteiger partial charge in [0.05, 0.1) is 13.2 Å². The maximum absolute atomic E-state index is 10.3. The van der Waals surface area contributed by atoms with E-state index in [0.29, 0.717) is 6.42 Å². The van der Waals surface area contributed by atoms with Crippen molar-refractivity contribution in [1.29, 1.82) is 0 Å². The summed E-state index contributed by atoms with van der Waals surface area (Å²) in [5, 5.41) is 0. The summed E-state index contributed by atoms with van der Waals surface area (Å²) >= 11 is 0. The monoisotopic (exact) mass is 146 g/mol. The Hall–Kier alpha value is -1.26. The van der Waals surface area contributed by atoms with Crippen LogP contribution in [0, 0.1) is 0 Å². The smallest absolute Gasteiger partial charge is 0.434 e. The summed E-state index contributed by atoms with van der Waals surface area (Å²) in [6.45, 7) is 0.457. The van der Waals surface area contributed by atoms with Crippen LogP contribution < -0.4 is 0 Å². The average molecular weight is 146 g/mol. The van der Waals surface area contributed by atoms with Gasteiger partial charge in [-0.2, -0.15) is 0 Å². The van der Waals surface area contributed by atoms with Crippen LogP contribution in [-0.2, 0) is 14.2 Å². The molecule has 1 saturated heterocycles. The zero-order chi connectivity index (χ0) is 7.40. The molecule has 0 aromatic carbocycles. The lowest BCUT2D eigenvalue weighted by atomic mass is 10.5. The fourth-order valence-electron chi connectivity index (χ4n) is 0.497. The van der Waals surface area contributed by atoms with E-state index in [1.165, 1.54) is 0 Å². The van der Waals surface area contributed by atoms with Crippen molar-refractivity contribution in [1.82, 2.24) is 0 Å². The molecule has 0 spiro atoms. The van der Waals surface area contributed by atoms with Crippen LogP contribution >= 0.6 is 0 Å². The second-order valence-electron chi connectivity index (χ2n) is 1.65. The number of carbonyl (C=O) groups excluding carboxylic acids is 2. The highest BCUT2D eigenvalue weighted by atomic mass is 16.8. The highest BCUT2D eigenvalue weighted by Gasteiger charge is 2.15. The fraction of sp³-hybridized carbons (Fsp3) is 0.600. The molecule has 0 aliphatic carbocycles. The van der Waals surface area contributed by atoms with Crippen molar-refractivity contribution in [2.24, 2.45) is 0 Å². The summed E-state index contributed by atoms with van der Waals surface area (Å²) in [4.78, 5) is 20.6. The molecule has 5 heteroatoms. The Morgan fingerprint density at radius 3 is 2.00 bits per heavy atom. The second-order valence-corrected chi connectivity index (χ2v) is 1.65. The standard InChI is InChI=1S/C5H6O5/c6-4-8-2-1-3-9-5(7)10-4/h1-3H2. The Labute approximate surface area is 56.9 Å². The van der Waals surface area contributed by atoms with Gasteiger partial charge in [-0.25, -0.2) is 9.59 Å². The molecule has 0 aromatic rings. The lowest BCUT2D eigenvalue weighted by Crippen LogP contribution is -2.20. The molecule has 1 rings (SSSR count). The van der Waals surface area contributed by atoms with Crippen molar-refractivity contribution < 1.29 is 23.8 Å². The topological polar surface area (TPSA) is 61.8 Å². The summed E-state index contributed by atoms with van der Waals surface area (Å²) in [6, 6.07) is 0. The predicted octanol–water partition coefficient (Wildman–Crippen LogP) is 0.680. The van der Waals surface area contributed by atoms with Gasteiger partial charge in [-0.1, -0.05) is 0 Å². The summed E-state index contributed by atoms with van der Waals surface area (Å²) in [7, 11) is 0. The molecule has 1 heterocycles. The maximum Gasteiger partial charge on any atom is 0.518 e. The lowest BCUT2D eigenvalue weighted by molar-refractivity contribution is 0.0151. The van der Waals surface area contributed by atoms with Gasteiger partial charge >= 0.3 is 12.3 Å². The fourth-order valence-corrected chi connectivity index (χ4v) is 0.497. The third-order valence-corrected chi connectivity index (χ3v) is 0.895. The molecule has 0 aromatic heterocycles. The minimum atomic E-state index is -0.996. The van der Waals surface area contributed by atoms with Gasteiger partial charge in [-0.3, -0.25) is 0 Å². The lowest BCUT2D eigenvalue weighted by Gasteiger charge is -2.08. The Morgan fingerprint density at radius 2 is 1.50 bits per heavy atom. The van der Waals surface area contributed by atoms with E-state index in [1.807, 2.05) is 0 Å². The largest absolute Gasteiger partial charge is 0.518 e. The molecular formula is C5H6O5. The molecule has 0 atom stereocenters. The molecule has 0 N–H and O–H groups in total. The van der Waals surface area contributed by atoms with Gasteiger partial charge in [-0.05, 0) is 0 Å². The van der Waals surface area contributed by atoms with Crippen LogP contribution in [0.4, 0.5) is 9.59 Å². The van der Waals surface area contributed by atoms with Crippen LogP contribution in [0.15, 0.2) is 0 Å². The van der Waals surface area contributed by atoms with Crippen LogP contribution in [0.5, 0.6) is 0 Å². The molecule has 1 aliphatic rings. The SMILES string of the molecule is O=C1OCCCOC(=O)O1. The van der Waals surface area contributed by atoms with Crippen molar-refractivity contribution in [3.8, 4) is 0 Å². The minimum absolute atomic E-state index is 0.228. The summed E-state index contributed by atoms with van der Waals surface area (Å²) in [5.74, 6) is 0. The van der Waals surface area contributed by atoms with Gasteiger partial charge < -0.3 is 14.2 Å². The zero-order valence-electron chi connectivity index (χ0n) is 5.16. The van der Waals surface area contributed by atoms with E-state index in [0.717, 1.165) is 0 Å². The van der Waals surface area contributed by atoms with Crippen LogP contribution in [-0.4, -0.2) is 25.5 Å². The van der Waals surface area contributed by atoms with E-state index < -0.39 is 12.3 Å². The van der Waals surface area contributed by atoms with Crippen molar-refractivity contribution >= 4 is 12.3 Å². The van der Waals surface area contributed by atoms with Crippen molar-refractivity contribution in [2.75, 3.05) is 13.2 Å². The van der Waals surface area contributed by atoms with E-state index in [2.05, 4.69) is 14.2 Å². The normalized spacial score (nSPS) is 19.6. The molecule has 0 saturated carbocycles. The third-order valence-electron chi connectivity index (χ3n) is 0.895. The number of cyclic esters (lactones) is 4. The van der Waals surface area contributed by atoms with Crippen LogP contribution in [0.2, 0.25) is 0 Å². The van der Waals surface area contributed by atoms with Gasteiger partial charge in [0.1, 0.15) is 0 Å². The Bertz CT molecular complexity index is 136. The van der Waals surface area contributed by atoms with E-state index in [4.69, 9.17) is 0 Å². The molecule has 1 fully saturated rings. The van der Waals surface area contributed by atoms with E-state index in [1.54, 1.807) is 0 Å². The molecule has 0 unspecified atom stereocenters. The van der Waals surface area contributed by atoms with Crippen molar-refractivity contribution in [3.63, 3.8) is 0 Å². The van der Waals surface area contributed by atoms with Crippen LogP contribution in [0.1, 0.15) is 6.42 Å². The van der Waals surface area contributed by atoms with Crippen molar-refractivity contribution in [3.05, 3.63) is 0 Å². The van der Waals surface area contributed by atoms with Gasteiger partial charge in [0.15, 0.2) is 0 Å². The number of rotatable bonds is 0. The average Bonchev–Trinajstić information content (AvgIpc) is 1.83. The Balaban J connectivity index is 2.40. The second kappa shape index (κ2) is 3.05. The molecule has 10 heavy (non-hydrogen) atoms. The predicted molar refractivity (Wildman–Crippen MR) is 28.4 cm³/mol. The molecule has 0 bridgehead atoms.